The molecular weight excluding hydrogens is 348 g/mol. The number of aryl methyl sites for hydroxylation is 2. The van der Waals surface area contributed by atoms with Crippen molar-refractivity contribution in [3.05, 3.63) is 59.7 Å². The highest BCUT2D eigenvalue weighted by Gasteiger charge is 2.22. The Morgan fingerprint density at radius 2 is 1.92 bits per heavy atom. The van der Waals surface area contributed by atoms with E-state index < -0.39 is 10.0 Å². The normalized spacial score (nSPS) is 14.1. The Morgan fingerprint density at radius 1 is 1.15 bits per heavy atom. The van der Waals surface area contributed by atoms with E-state index in [0.29, 0.717) is 13.1 Å². The maximum absolute atomic E-state index is 12.6. The van der Waals surface area contributed by atoms with Crippen molar-refractivity contribution in [3.63, 3.8) is 0 Å². The minimum atomic E-state index is -3.54. The number of amides is 1. The van der Waals surface area contributed by atoms with Crippen LogP contribution < -0.4 is 9.62 Å². The third-order valence-corrected chi connectivity index (χ3v) is 6.10. The van der Waals surface area contributed by atoms with Crippen molar-refractivity contribution < 1.29 is 13.2 Å². The van der Waals surface area contributed by atoms with Crippen molar-refractivity contribution >= 4 is 21.6 Å². The molecule has 0 spiro atoms. The second kappa shape index (κ2) is 8.01. The molecule has 6 heteroatoms. The average molecular weight is 372 g/mol. The summed E-state index contributed by atoms with van der Waals surface area (Å²) in [7, 11) is -3.54. The molecule has 0 atom stereocenters. The number of carbonyl (C=O) groups excluding carboxylic acids is 1. The Labute approximate surface area is 155 Å². The predicted octanol–water partition coefficient (Wildman–Crippen LogP) is 2.90. The predicted molar refractivity (Wildman–Crippen MR) is 103 cm³/mol. The molecule has 0 aliphatic carbocycles. The van der Waals surface area contributed by atoms with E-state index in [2.05, 4.69) is 4.72 Å². The van der Waals surface area contributed by atoms with Gasteiger partial charge < -0.3 is 4.90 Å². The van der Waals surface area contributed by atoms with Crippen molar-refractivity contribution in [2.75, 3.05) is 18.0 Å². The number of nitrogens with one attached hydrogen (secondary N) is 1. The SMILES string of the molecule is CC(=O)N1CCCc2cc(S(=O)(=O)NCCCc3ccccc3)ccc21. The molecule has 1 amide bonds. The number of rotatable bonds is 6. The van der Waals surface area contributed by atoms with Gasteiger partial charge in [-0.1, -0.05) is 30.3 Å². The van der Waals surface area contributed by atoms with Crippen LogP contribution in [0.5, 0.6) is 0 Å². The Morgan fingerprint density at radius 3 is 2.65 bits per heavy atom. The van der Waals surface area contributed by atoms with E-state index in [4.69, 9.17) is 0 Å². The summed E-state index contributed by atoms with van der Waals surface area (Å²) < 4.78 is 27.8. The van der Waals surface area contributed by atoms with Crippen LogP contribution in [0.3, 0.4) is 0 Å². The molecule has 138 valence electrons. The zero-order chi connectivity index (χ0) is 18.6. The maximum Gasteiger partial charge on any atom is 0.240 e. The van der Waals surface area contributed by atoms with E-state index in [9.17, 15) is 13.2 Å². The van der Waals surface area contributed by atoms with Gasteiger partial charge in [-0.05, 0) is 55.0 Å². The van der Waals surface area contributed by atoms with E-state index in [1.54, 1.807) is 23.1 Å². The molecule has 0 fully saturated rings. The van der Waals surface area contributed by atoms with Gasteiger partial charge in [0.15, 0.2) is 0 Å². The standard InChI is InChI=1S/C20H24N2O3S/c1-16(23)22-14-6-10-18-15-19(11-12-20(18)22)26(24,25)21-13-5-9-17-7-3-2-4-8-17/h2-4,7-8,11-12,15,21H,5-6,9-10,13-14H2,1H3. The van der Waals surface area contributed by atoms with Gasteiger partial charge in [-0.3, -0.25) is 4.79 Å². The van der Waals surface area contributed by atoms with Gasteiger partial charge in [0.2, 0.25) is 15.9 Å². The Kier molecular flexibility index (Phi) is 5.74. The molecule has 26 heavy (non-hydrogen) atoms. The first-order valence-corrected chi connectivity index (χ1v) is 10.4. The number of sulfonamides is 1. The summed E-state index contributed by atoms with van der Waals surface area (Å²) in [5, 5.41) is 0. The lowest BCUT2D eigenvalue weighted by molar-refractivity contribution is -0.116. The fourth-order valence-electron chi connectivity index (χ4n) is 3.29. The third-order valence-electron chi connectivity index (χ3n) is 4.64. The van der Waals surface area contributed by atoms with E-state index in [1.165, 1.54) is 12.5 Å². The number of fused-ring (bicyclic) bond motifs is 1. The van der Waals surface area contributed by atoms with Gasteiger partial charge in [-0.15, -0.1) is 0 Å². The van der Waals surface area contributed by atoms with Gasteiger partial charge in [0.1, 0.15) is 0 Å². The Balaban J connectivity index is 1.65. The van der Waals surface area contributed by atoms with Crippen molar-refractivity contribution in [1.29, 1.82) is 0 Å². The van der Waals surface area contributed by atoms with Crippen LogP contribution >= 0.6 is 0 Å². The summed E-state index contributed by atoms with van der Waals surface area (Å²) in [6, 6.07) is 15.0. The summed E-state index contributed by atoms with van der Waals surface area (Å²) in [5.74, 6) is -0.0133. The van der Waals surface area contributed by atoms with Gasteiger partial charge in [0.05, 0.1) is 4.90 Å². The molecule has 3 rings (SSSR count). The smallest absolute Gasteiger partial charge is 0.240 e. The zero-order valence-electron chi connectivity index (χ0n) is 14.9. The number of carbonyl (C=O) groups is 1. The largest absolute Gasteiger partial charge is 0.312 e. The first-order valence-electron chi connectivity index (χ1n) is 8.92. The molecule has 0 radical (unpaired) electrons. The minimum Gasteiger partial charge on any atom is -0.312 e. The number of hydrogen-bond acceptors (Lipinski definition) is 3. The van der Waals surface area contributed by atoms with Crippen molar-refractivity contribution in [2.45, 2.75) is 37.5 Å². The fourth-order valence-corrected chi connectivity index (χ4v) is 4.42. The molecule has 0 saturated carbocycles. The number of anilines is 1. The quantitative estimate of drug-likeness (QED) is 0.793. The highest BCUT2D eigenvalue weighted by molar-refractivity contribution is 7.89. The van der Waals surface area contributed by atoms with E-state index in [0.717, 1.165) is 36.9 Å². The van der Waals surface area contributed by atoms with Crippen LogP contribution in [0.15, 0.2) is 53.4 Å². The first-order chi connectivity index (χ1) is 12.5. The maximum atomic E-state index is 12.6. The molecule has 0 unspecified atom stereocenters. The summed E-state index contributed by atoms with van der Waals surface area (Å²) in [6.07, 6.45) is 3.21. The van der Waals surface area contributed by atoms with Gasteiger partial charge in [0, 0.05) is 25.7 Å². The molecule has 0 aromatic heterocycles. The van der Waals surface area contributed by atoms with Crippen LogP contribution in [0.25, 0.3) is 0 Å². The summed E-state index contributed by atoms with van der Waals surface area (Å²) in [4.78, 5) is 13.7. The lowest BCUT2D eigenvalue weighted by atomic mass is 10.0. The number of nitrogens with zero attached hydrogens (tertiary/aromatic N) is 1. The molecule has 1 aliphatic heterocycles. The van der Waals surface area contributed by atoms with Gasteiger partial charge >= 0.3 is 0 Å². The molecule has 1 aliphatic rings. The van der Waals surface area contributed by atoms with Crippen molar-refractivity contribution in [2.24, 2.45) is 0 Å². The van der Waals surface area contributed by atoms with Crippen LogP contribution in [-0.2, 0) is 27.7 Å². The van der Waals surface area contributed by atoms with Crippen molar-refractivity contribution in [1.82, 2.24) is 4.72 Å². The highest BCUT2D eigenvalue weighted by atomic mass is 32.2. The number of benzene rings is 2. The van der Waals surface area contributed by atoms with Gasteiger partial charge in [-0.2, -0.15) is 0 Å². The zero-order valence-corrected chi connectivity index (χ0v) is 15.8. The van der Waals surface area contributed by atoms with Crippen LogP contribution in [0.2, 0.25) is 0 Å². The second-order valence-corrected chi connectivity index (χ2v) is 8.32. The summed E-state index contributed by atoms with van der Waals surface area (Å²) in [6.45, 7) is 2.62. The van der Waals surface area contributed by atoms with Crippen LogP contribution in [0.4, 0.5) is 5.69 Å². The van der Waals surface area contributed by atoms with Crippen LogP contribution in [0, 0.1) is 0 Å². The molecule has 2 aromatic carbocycles. The molecular formula is C20H24N2O3S. The highest BCUT2D eigenvalue weighted by Crippen LogP contribution is 2.29. The fraction of sp³-hybridized carbons (Fsp3) is 0.350. The van der Waals surface area contributed by atoms with Gasteiger partial charge in [0.25, 0.3) is 0 Å². The molecule has 0 bridgehead atoms. The van der Waals surface area contributed by atoms with Gasteiger partial charge in [-0.25, -0.2) is 13.1 Å². The van der Waals surface area contributed by atoms with E-state index in [1.807, 2.05) is 30.3 Å². The third kappa shape index (κ3) is 4.31. The van der Waals surface area contributed by atoms with E-state index >= 15 is 0 Å². The van der Waals surface area contributed by atoms with Crippen molar-refractivity contribution in [3.8, 4) is 0 Å². The van der Waals surface area contributed by atoms with Crippen LogP contribution in [0.1, 0.15) is 30.9 Å². The molecule has 5 nitrogen and oxygen atoms in total. The first kappa shape index (κ1) is 18.6. The molecule has 1 N–H and O–H groups in total. The molecule has 2 aromatic rings. The lowest BCUT2D eigenvalue weighted by Crippen LogP contribution is -2.33. The van der Waals surface area contributed by atoms with E-state index in [-0.39, 0.29) is 10.8 Å². The summed E-state index contributed by atoms with van der Waals surface area (Å²) >= 11 is 0. The molecule has 1 heterocycles. The topological polar surface area (TPSA) is 66.5 Å². The van der Waals surface area contributed by atoms with Crippen LogP contribution in [-0.4, -0.2) is 27.4 Å². The number of hydrogen-bond donors (Lipinski definition) is 1. The second-order valence-electron chi connectivity index (χ2n) is 6.55. The Bertz CT molecular complexity index is 879. The minimum absolute atomic E-state index is 0.0133. The average Bonchev–Trinajstić information content (AvgIpc) is 2.65. The molecule has 0 saturated heterocycles. The monoisotopic (exact) mass is 372 g/mol. The lowest BCUT2D eigenvalue weighted by Gasteiger charge is -2.28. The summed E-state index contributed by atoms with van der Waals surface area (Å²) in [5.41, 5.74) is 2.94. The Hall–Kier alpha value is -2.18.